The van der Waals surface area contributed by atoms with E-state index in [1.54, 1.807) is 41.5 Å². The van der Waals surface area contributed by atoms with Crippen molar-refractivity contribution in [3.8, 4) is 0 Å². The molecule has 11 heteroatoms. The van der Waals surface area contributed by atoms with E-state index in [1.165, 1.54) is 13.8 Å². The molecule has 0 aliphatic rings. The zero-order chi connectivity index (χ0) is 24.4. The maximum absolute atomic E-state index is 12.7. The van der Waals surface area contributed by atoms with E-state index in [2.05, 4.69) is 5.32 Å². The van der Waals surface area contributed by atoms with E-state index < -0.39 is 46.8 Å². The van der Waals surface area contributed by atoms with E-state index >= 15 is 0 Å². The summed E-state index contributed by atoms with van der Waals surface area (Å²) in [6.07, 6.45) is -0.399. The van der Waals surface area contributed by atoms with E-state index in [1.807, 2.05) is 0 Å². The van der Waals surface area contributed by atoms with Gasteiger partial charge in [0, 0.05) is 11.7 Å². The molecule has 1 atom stereocenters. The number of ether oxygens (including phenoxy) is 3. The summed E-state index contributed by atoms with van der Waals surface area (Å²) in [4.78, 5) is 60.4. The van der Waals surface area contributed by atoms with Crippen molar-refractivity contribution in [2.45, 2.75) is 72.3 Å². The molecule has 0 bridgehead atoms. The van der Waals surface area contributed by atoms with E-state index in [0.29, 0.717) is 11.8 Å². The fourth-order valence-corrected chi connectivity index (χ4v) is 3.29. The molecule has 9 nitrogen and oxygen atoms in total. The molecule has 0 aliphatic heterocycles. The lowest BCUT2D eigenvalue weighted by Crippen LogP contribution is -2.50. The Kier molecular flexibility index (Phi) is 12.8. The number of hydrogen-bond acceptors (Lipinski definition) is 10. The molecule has 0 saturated carbocycles. The zero-order valence-electron chi connectivity index (χ0n) is 19.3. The van der Waals surface area contributed by atoms with Crippen molar-refractivity contribution < 1.29 is 38.2 Å². The molecule has 0 heterocycles. The highest BCUT2D eigenvalue weighted by Gasteiger charge is 2.36. The fourth-order valence-electron chi connectivity index (χ4n) is 1.73. The maximum Gasteiger partial charge on any atom is 0.371 e. The standard InChI is InChI=1S/C20H33NO8S2/c1-11(2)15(22)27-10-28-19(26)31-20(7,8)18(25)21-14(16(23)29-13(5)6)9-30-17(24)12(3)4/h11-14H,9-10H2,1-8H3,(H,21,25)/t14-/m0/s1. The quantitative estimate of drug-likeness (QED) is 0.349. The van der Waals surface area contributed by atoms with Gasteiger partial charge in [0.25, 0.3) is 0 Å². The van der Waals surface area contributed by atoms with Crippen molar-refractivity contribution in [2.24, 2.45) is 11.8 Å². The molecule has 0 aromatic heterocycles. The second kappa shape index (κ2) is 13.6. The summed E-state index contributed by atoms with van der Waals surface area (Å²) in [6.45, 7) is 12.5. The molecule has 1 amide bonds. The van der Waals surface area contributed by atoms with Crippen LogP contribution < -0.4 is 5.32 Å². The number of carbonyl (C=O) groups is 5. The molecule has 1 N–H and O–H groups in total. The van der Waals surface area contributed by atoms with Gasteiger partial charge in [0.05, 0.1) is 16.8 Å². The Morgan fingerprint density at radius 2 is 1.45 bits per heavy atom. The molecule has 0 radical (unpaired) electrons. The topological polar surface area (TPSA) is 125 Å². The Labute approximate surface area is 192 Å². The first-order chi connectivity index (χ1) is 14.2. The van der Waals surface area contributed by atoms with Gasteiger partial charge in [-0.3, -0.25) is 14.4 Å². The molecular weight excluding hydrogens is 446 g/mol. The number of hydrogen-bond donors (Lipinski definition) is 1. The van der Waals surface area contributed by atoms with Crippen molar-refractivity contribution in [1.29, 1.82) is 0 Å². The van der Waals surface area contributed by atoms with Crippen molar-refractivity contribution in [1.82, 2.24) is 5.32 Å². The molecule has 0 aliphatic carbocycles. The van der Waals surface area contributed by atoms with Crippen LogP contribution in [0.5, 0.6) is 0 Å². The normalized spacial score (nSPS) is 12.5. The second-order valence-corrected chi connectivity index (χ2v) is 10.6. The highest BCUT2D eigenvalue weighted by molar-refractivity contribution is 8.15. The van der Waals surface area contributed by atoms with Gasteiger partial charge in [-0.05, 0) is 39.5 Å². The third-order valence-electron chi connectivity index (χ3n) is 3.54. The smallest absolute Gasteiger partial charge is 0.371 e. The molecular formula is C20H33NO8S2. The van der Waals surface area contributed by atoms with Crippen LogP contribution >= 0.6 is 23.5 Å². The lowest BCUT2D eigenvalue weighted by molar-refractivity contribution is -0.155. The summed E-state index contributed by atoms with van der Waals surface area (Å²) in [5.74, 6) is -2.39. The first-order valence-electron chi connectivity index (χ1n) is 9.87. The molecule has 0 fully saturated rings. The minimum atomic E-state index is -1.30. The number of rotatable bonds is 11. The summed E-state index contributed by atoms with van der Waals surface area (Å²) in [5.41, 5.74) is 0. The molecule has 0 rings (SSSR count). The average molecular weight is 480 g/mol. The van der Waals surface area contributed by atoms with Crippen LogP contribution in [-0.4, -0.2) is 57.7 Å². The first kappa shape index (κ1) is 29.2. The minimum absolute atomic E-state index is 0.00462. The van der Waals surface area contributed by atoms with Crippen molar-refractivity contribution in [2.75, 3.05) is 12.5 Å². The number of esters is 2. The van der Waals surface area contributed by atoms with Gasteiger partial charge in [0.2, 0.25) is 12.7 Å². The monoisotopic (exact) mass is 479 g/mol. The lowest BCUT2D eigenvalue weighted by atomic mass is 10.2. The molecule has 0 unspecified atom stereocenters. The Bertz CT molecular complexity index is 662. The molecule has 31 heavy (non-hydrogen) atoms. The van der Waals surface area contributed by atoms with Gasteiger partial charge >= 0.3 is 17.2 Å². The molecule has 0 spiro atoms. The van der Waals surface area contributed by atoms with Gasteiger partial charge in [-0.1, -0.05) is 39.5 Å². The summed E-state index contributed by atoms with van der Waals surface area (Å²) < 4.78 is 13.4. The highest BCUT2D eigenvalue weighted by atomic mass is 32.2. The lowest BCUT2D eigenvalue weighted by Gasteiger charge is -2.25. The summed E-state index contributed by atoms with van der Waals surface area (Å²) in [5, 5.41) is 1.61. The first-order valence-corrected chi connectivity index (χ1v) is 11.7. The largest absolute Gasteiger partial charge is 0.461 e. The van der Waals surface area contributed by atoms with E-state index in [-0.39, 0.29) is 22.7 Å². The fraction of sp³-hybridized carbons (Fsp3) is 0.750. The van der Waals surface area contributed by atoms with E-state index in [0.717, 1.165) is 11.8 Å². The molecule has 0 aromatic carbocycles. The van der Waals surface area contributed by atoms with Crippen LogP contribution in [0.3, 0.4) is 0 Å². The predicted molar refractivity (Wildman–Crippen MR) is 119 cm³/mol. The van der Waals surface area contributed by atoms with Crippen LogP contribution in [0.4, 0.5) is 4.79 Å². The predicted octanol–water partition coefficient (Wildman–Crippen LogP) is 3.14. The Morgan fingerprint density at radius 3 is 1.94 bits per heavy atom. The van der Waals surface area contributed by atoms with Crippen LogP contribution in [0.25, 0.3) is 0 Å². The van der Waals surface area contributed by atoms with Gasteiger partial charge in [-0.25, -0.2) is 9.59 Å². The van der Waals surface area contributed by atoms with E-state index in [4.69, 9.17) is 14.2 Å². The second-order valence-electron chi connectivity index (χ2n) is 8.04. The average Bonchev–Trinajstić information content (AvgIpc) is 2.62. The van der Waals surface area contributed by atoms with Crippen molar-refractivity contribution in [3.63, 3.8) is 0 Å². The van der Waals surface area contributed by atoms with Crippen LogP contribution in [0.15, 0.2) is 0 Å². The van der Waals surface area contributed by atoms with Gasteiger partial charge in [-0.2, -0.15) is 0 Å². The maximum atomic E-state index is 12.7. The summed E-state index contributed by atoms with van der Waals surface area (Å²) in [6, 6.07) is -1.06. The third-order valence-corrected chi connectivity index (χ3v) is 5.78. The summed E-state index contributed by atoms with van der Waals surface area (Å²) in [7, 11) is 0. The van der Waals surface area contributed by atoms with Crippen LogP contribution in [0.2, 0.25) is 0 Å². The van der Waals surface area contributed by atoms with E-state index in [9.17, 15) is 24.0 Å². The third kappa shape index (κ3) is 12.0. The van der Waals surface area contributed by atoms with Crippen LogP contribution in [0, 0.1) is 11.8 Å². The van der Waals surface area contributed by atoms with Gasteiger partial charge in [0.15, 0.2) is 5.12 Å². The molecule has 0 saturated heterocycles. The minimum Gasteiger partial charge on any atom is -0.461 e. The van der Waals surface area contributed by atoms with Crippen LogP contribution in [-0.2, 0) is 33.4 Å². The number of thioether (sulfide) groups is 2. The molecule has 178 valence electrons. The Balaban J connectivity index is 4.97. The number of carbonyl (C=O) groups excluding carboxylic acids is 5. The zero-order valence-corrected chi connectivity index (χ0v) is 20.9. The van der Waals surface area contributed by atoms with Crippen molar-refractivity contribution in [3.05, 3.63) is 0 Å². The SMILES string of the molecule is CC(C)OC(=O)[C@H](CSC(=O)C(C)C)NC(=O)C(C)(C)SC(=O)OCOC(=O)C(C)C. The number of amides is 1. The van der Waals surface area contributed by atoms with Gasteiger partial charge < -0.3 is 19.5 Å². The Morgan fingerprint density at radius 1 is 0.871 bits per heavy atom. The highest BCUT2D eigenvalue weighted by Crippen LogP contribution is 2.27. The Hall–Kier alpha value is -1.75. The van der Waals surface area contributed by atoms with Gasteiger partial charge in [-0.15, -0.1) is 0 Å². The van der Waals surface area contributed by atoms with Crippen molar-refractivity contribution >= 4 is 51.8 Å². The summed E-state index contributed by atoms with van der Waals surface area (Å²) >= 11 is 1.51. The van der Waals surface area contributed by atoms with Gasteiger partial charge in [0.1, 0.15) is 6.04 Å². The number of nitrogens with one attached hydrogen (secondary N) is 1. The van der Waals surface area contributed by atoms with Crippen LogP contribution in [0.1, 0.15) is 55.4 Å². The molecule has 0 aromatic rings.